The SMILES string of the molecule is COC(=O)c1ccc(C(CO)C(C)C)cc1. The number of ether oxygens (including phenoxy) is 1. The van der Waals surface area contributed by atoms with Crippen LogP contribution < -0.4 is 0 Å². The van der Waals surface area contributed by atoms with Gasteiger partial charge in [0.15, 0.2) is 0 Å². The number of aliphatic hydroxyl groups excluding tert-OH is 1. The number of carbonyl (C=O) groups excluding carboxylic acids is 1. The Bertz CT molecular complexity index is 341. The van der Waals surface area contributed by atoms with Crippen LogP contribution in [0.3, 0.4) is 0 Å². The van der Waals surface area contributed by atoms with E-state index >= 15 is 0 Å². The number of hydrogen-bond acceptors (Lipinski definition) is 3. The highest BCUT2D eigenvalue weighted by molar-refractivity contribution is 5.89. The average molecular weight is 222 g/mol. The molecule has 1 N–H and O–H groups in total. The van der Waals surface area contributed by atoms with Gasteiger partial charge in [-0.1, -0.05) is 26.0 Å². The smallest absolute Gasteiger partial charge is 0.337 e. The molecule has 0 fully saturated rings. The van der Waals surface area contributed by atoms with Crippen molar-refractivity contribution < 1.29 is 14.6 Å². The first-order chi connectivity index (χ1) is 7.60. The van der Waals surface area contributed by atoms with Crippen LogP contribution in [0.2, 0.25) is 0 Å². The van der Waals surface area contributed by atoms with E-state index < -0.39 is 0 Å². The van der Waals surface area contributed by atoms with E-state index in [1.54, 1.807) is 12.1 Å². The van der Waals surface area contributed by atoms with Gasteiger partial charge in [-0.3, -0.25) is 0 Å². The van der Waals surface area contributed by atoms with Crippen LogP contribution in [0, 0.1) is 5.92 Å². The summed E-state index contributed by atoms with van der Waals surface area (Å²) in [6.07, 6.45) is 0. The van der Waals surface area contributed by atoms with E-state index in [1.165, 1.54) is 7.11 Å². The molecule has 0 saturated heterocycles. The van der Waals surface area contributed by atoms with E-state index in [1.807, 2.05) is 12.1 Å². The van der Waals surface area contributed by atoms with Gasteiger partial charge in [-0.05, 0) is 23.6 Å². The lowest BCUT2D eigenvalue weighted by Gasteiger charge is -2.18. The van der Waals surface area contributed by atoms with E-state index in [2.05, 4.69) is 18.6 Å². The molecule has 0 bridgehead atoms. The molecule has 0 amide bonds. The van der Waals surface area contributed by atoms with E-state index in [-0.39, 0.29) is 18.5 Å². The van der Waals surface area contributed by atoms with Gasteiger partial charge in [0, 0.05) is 5.92 Å². The quantitative estimate of drug-likeness (QED) is 0.794. The van der Waals surface area contributed by atoms with E-state index in [9.17, 15) is 9.90 Å². The van der Waals surface area contributed by atoms with Crippen LogP contribution in [0.15, 0.2) is 24.3 Å². The predicted molar refractivity (Wildman–Crippen MR) is 62.4 cm³/mol. The minimum Gasteiger partial charge on any atom is -0.465 e. The van der Waals surface area contributed by atoms with Gasteiger partial charge in [-0.25, -0.2) is 4.79 Å². The Morgan fingerprint density at radius 1 is 1.31 bits per heavy atom. The Morgan fingerprint density at radius 2 is 1.88 bits per heavy atom. The van der Waals surface area contributed by atoms with Gasteiger partial charge < -0.3 is 9.84 Å². The summed E-state index contributed by atoms with van der Waals surface area (Å²) in [5.74, 6) is 0.150. The summed E-state index contributed by atoms with van der Waals surface area (Å²) in [5.41, 5.74) is 1.58. The Morgan fingerprint density at radius 3 is 2.25 bits per heavy atom. The van der Waals surface area contributed by atoms with Crippen LogP contribution in [0.1, 0.15) is 35.7 Å². The van der Waals surface area contributed by atoms with E-state index in [4.69, 9.17) is 0 Å². The summed E-state index contributed by atoms with van der Waals surface area (Å²) in [6, 6.07) is 7.19. The number of rotatable bonds is 4. The Kier molecular flexibility index (Phi) is 4.50. The van der Waals surface area contributed by atoms with Gasteiger partial charge in [0.05, 0.1) is 19.3 Å². The molecule has 1 aromatic rings. The van der Waals surface area contributed by atoms with Crippen molar-refractivity contribution in [2.24, 2.45) is 5.92 Å². The molecule has 16 heavy (non-hydrogen) atoms. The fraction of sp³-hybridized carbons (Fsp3) is 0.462. The molecule has 0 aliphatic rings. The molecule has 3 heteroatoms. The second-order valence-electron chi connectivity index (χ2n) is 4.15. The summed E-state index contributed by atoms with van der Waals surface area (Å²) in [6.45, 7) is 4.25. The third-order valence-electron chi connectivity index (χ3n) is 2.76. The number of esters is 1. The van der Waals surface area contributed by atoms with Crippen molar-refractivity contribution in [3.05, 3.63) is 35.4 Å². The zero-order valence-electron chi connectivity index (χ0n) is 9.93. The first kappa shape index (κ1) is 12.7. The summed E-state index contributed by atoms with van der Waals surface area (Å²) < 4.78 is 4.62. The molecule has 0 aromatic heterocycles. The van der Waals surface area contributed by atoms with Crippen molar-refractivity contribution in [2.45, 2.75) is 19.8 Å². The van der Waals surface area contributed by atoms with Crippen LogP contribution >= 0.6 is 0 Å². The largest absolute Gasteiger partial charge is 0.465 e. The maximum Gasteiger partial charge on any atom is 0.337 e. The molecule has 1 rings (SSSR count). The Hall–Kier alpha value is -1.35. The van der Waals surface area contributed by atoms with Crippen molar-refractivity contribution in [3.63, 3.8) is 0 Å². The number of hydrogen-bond donors (Lipinski definition) is 1. The zero-order valence-corrected chi connectivity index (χ0v) is 9.93. The molecule has 0 aliphatic carbocycles. The lowest BCUT2D eigenvalue weighted by molar-refractivity contribution is 0.0600. The molecule has 0 spiro atoms. The van der Waals surface area contributed by atoms with Crippen LogP contribution in [-0.4, -0.2) is 24.8 Å². The summed E-state index contributed by atoms with van der Waals surface area (Å²) in [5, 5.41) is 9.28. The number of aliphatic hydroxyl groups is 1. The van der Waals surface area contributed by atoms with Gasteiger partial charge in [-0.15, -0.1) is 0 Å². The van der Waals surface area contributed by atoms with Gasteiger partial charge in [-0.2, -0.15) is 0 Å². The number of carbonyl (C=O) groups is 1. The molecule has 0 aliphatic heterocycles. The van der Waals surface area contributed by atoms with Gasteiger partial charge in [0.25, 0.3) is 0 Å². The monoisotopic (exact) mass is 222 g/mol. The van der Waals surface area contributed by atoms with Crippen LogP contribution in [0.5, 0.6) is 0 Å². The second kappa shape index (κ2) is 5.66. The first-order valence-corrected chi connectivity index (χ1v) is 5.39. The maximum absolute atomic E-state index is 11.2. The molecule has 0 heterocycles. The van der Waals surface area contributed by atoms with Crippen molar-refractivity contribution in [2.75, 3.05) is 13.7 Å². The predicted octanol–water partition coefficient (Wildman–Crippen LogP) is 2.21. The lowest BCUT2D eigenvalue weighted by Crippen LogP contribution is -2.11. The molecule has 0 saturated carbocycles. The summed E-state index contributed by atoms with van der Waals surface area (Å²) in [7, 11) is 1.36. The zero-order chi connectivity index (χ0) is 12.1. The lowest BCUT2D eigenvalue weighted by atomic mass is 9.89. The molecule has 3 nitrogen and oxygen atoms in total. The minimum atomic E-state index is -0.336. The fourth-order valence-electron chi connectivity index (χ4n) is 1.69. The maximum atomic E-state index is 11.2. The standard InChI is InChI=1S/C13H18O3/c1-9(2)12(8-14)10-4-6-11(7-5-10)13(15)16-3/h4-7,9,12,14H,8H2,1-3H3. The van der Waals surface area contributed by atoms with Crippen LogP contribution in [0.4, 0.5) is 0 Å². The van der Waals surface area contributed by atoms with Crippen molar-refractivity contribution in [1.29, 1.82) is 0 Å². The van der Waals surface area contributed by atoms with Crippen LogP contribution in [0.25, 0.3) is 0 Å². The highest BCUT2D eigenvalue weighted by Gasteiger charge is 2.15. The van der Waals surface area contributed by atoms with Crippen LogP contribution in [-0.2, 0) is 4.74 Å². The Balaban J connectivity index is 2.89. The van der Waals surface area contributed by atoms with Crippen molar-refractivity contribution in [3.8, 4) is 0 Å². The molecule has 1 atom stereocenters. The van der Waals surface area contributed by atoms with Gasteiger partial charge in [0.1, 0.15) is 0 Å². The van der Waals surface area contributed by atoms with E-state index in [0.717, 1.165) is 5.56 Å². The normalized spacial score (nSPS) is 12.6. The number of methoxy groups -OCH3 is 1. The van der Waals surface area contributed by atoms with Gasteiger partial charge in [0.2, 0.25) is 0 Å². The average Bonchev–Trinajstić information content (AvgIpc) is 2.29. The third-order valence-corrected chi connectivity index (χ3v) is 2.76. The van der Waals surface area contributed by atoms with Crippen molar-refractivity contribution in [1.82, 2.24) is 0 Å². The number of benzene rings is 1. The molecular formula is C13H18O3. The van der Waals surface area contributed by atoms with Gasteiger partial charge >= 0.3 is 5.97 Å². The van der Waals surface area contributed by atoms with Crippen molar-refractivity contribution >= 4 is 5.97 Å². The highest BCUT2D eigenvalue weighted by Crippen LogP contribution is 2.24. The van der Waals surface area contributed by atoms with E-state index in [0.29, 0.717) is 11.5 Å². The summed E-state index contributed by atoms with van der Waals surface area (Å²) >= 11 is 0. The fourth-order valence-corrected chi connectivity index (χ4v) is 1.69. The third kappa shape index (κ3) is 2.83. The first-order valence-electron chi connectivity index (χ1n) is 5.39. The molecule has 1 unspecified atom stereocenters. The molecule has 1 aromatic carbocycles. The Labute approximate surface area is 96.1 Å². The molecular weight excluding hydrogens is 204 g/mol. The topological polar surface area (TPSA) is 46.5 Å². The molecule has 88 valence electrons. The summed E-state index contributed by atoms with van der Waals surface area (Å²) in [4.78, 5) is 11.2. The minimum absolute atomic E-state index is 0.117. The molecule has 0 radical (unpaired) electrons. The highest BCUT2D eigenvalue weighted by atomic mass is 16.5. The second-order valence-corrected chi connectivity index (χ2v) is 4.15.